The first kappa shape index (κ1) is 28.4. The fraction of sp³-hybridized carbons (Fsp3) is 0.452. The predicted molar refractivity (Wildman–Crippen MR) is 154 cm³/mol. The van der Waals surface area contributed by atoms with E-state index >= 15 is 0 Å². The number of hydrogen-bond donors (Lipinski definition) is 0. The third-order valence-electron chi connectivity index (χ3n) is 7.48. The molecule has 2 heterocycles. The Morgan fingerprint density at radius 3 is 2.49 bits per heavy atom. The second-order valence-corrected chi connectivity index (χ2v) is 10.5. The normalized spacial score (nSPS) is 15.1. The molecular formula is C31H41N5O3. The number of fused-ring (bicyclic) bond motifs is 1. The van der Waals surface area contributed by atoms with Gasteiger partial charge in [-0.3, -0.25) is 14.5 Å². The Hall–Kier alpha value is -3.65. The summed E-state index contributed by atoms with van der Waals surface area (Å²) in [4.78, 5) is 37.8. The molecule has 1 aromatic heterocycles. The molecule has 0 N–H and O–H groups in total. The number of para-hydroxylation sites is 1. The van der Waals surface area contributed by atoms with Crippen LogP contribution in [0.1, 0.15) is 43.4 Å². The van der Waals surface area contributed by atoms with E-state index in [0.29, 0.717) is 45.1 Å². The molecule has 208 valence electrons. The minimum atomic E-state index is 0.0593. The van der Waals surface area contributed by atoms with Crippen LogP contribution in [0.4, 0.5) is 5.69 Å². The second-order valence-electron chi connectivity index (χ2n) is 10.5. The van der Waals surface area contributed by atoms with Gasteiger partial charge >= 0.3 is 0 Å². The molecule has 0 bridgehead atoms. The van der Waals surface area contributed by atoms with Crippen LogP contribution in [-0.4, -0.2) is 70.5 Å². The highest BCUT2D eigenvalue weighted by molar-refractivity contribution is 5.96. The van der Waals surface area contributed by atoms with Gasteiger partial charge < -0.3 is 19.1 Å². The average Bonchev–Trinajstić information content (AvgIpc) is 3.44. The Morgan fingerprint density at radius 2 is 1.79 bits per heavy atom. The summed E-state index contributed by atoms with van der Waals surface area (Å²) < 4.78 is 7.21. The number of carbonyl (C=O) groups is 2. The fourth-order valence-electron chi connectivity index (χ4n) is 5.22. The van der Waals surface area contributed by atoms with Crippen LogP contribution in [0, 0.1) is 6.92 Å². The van der Waals surface area contributed by atoms with Crippen molar-refractivity contribution in [2.24, 2.45) is 0 Å². The van der Waals surface area contributed by atoms with E-state index in [1.807, 2.05) is 50.9 Å². The van der Waals surface area contributed by atoms with Crippen LogP contribution >= 0.6 is 0 Å². The quantitative estimate of drug-likeness (QED) is 0.455. The lowest BCUT2D eigenvalue weighted by atomic mass is 10.0. The molecule has 0 aliphatic carbocycles. The third kappa shape index (κ3) is 7.47. The van der Waals surface area contributed by atoms with Gasteiger partial charge in [0.25, 0.3) is 0 Å². The van der Waals surface area contributed by atoms with E-state index in [0.717, 1.165) is 47.6 Å². The number of carbonyl (C=O) groups excluding carboxylic acids is 2. The molecule has 8 nitrogen and oxygen atoms in total. The highest BCUT2D eigenvalue weighted by Crippen LogP contribution is 2.29. The van der Waals surface area contributed by atoms with Gasteiger partial charge in [0.05, 0.1) is 25.5 Å². The van der Waals surface area contributed by atoms with Gasteiger partial charge in [0.15, 0.2) is 0 Å². The van der Waals surface area contributed by atoms with Crippen LogP contribution in [0.2, 0.25) is 0 Å². The summed E-state index contributed by atoms with van der Waals surface area (Å²) in [5.74, 6) is 0.938. The first-order chi connectivity index (χ1) is 18.9. The lowest BCUT2D eigenvalue weighted by Gasteiger charge is -2.30. The lowest BCUT2D eigenvalue weighted by Crippen LogP contribution is -2.41. The highest BCUT2D eigenvalue weighted by Gasteiger charge is 2.25. The first-order valence-electron chi connectivity index (χ1n) is 13.8. The van der Waals surface area contributed by atoms with Gasteiger partial charge in [-0.2, -0.15) is 0 Å². The van der Waals surface area contributed by atoms with Crippen LogP contribution in [0.3, 0.4) is 0 Å². The predicted octanol–water partition coefficient (Wildman–Crippen LogP) is 4.31. The summed E-state index contributed by atoms with van der Waals surface area (Å²) >= 11 is 0. The van der Waals surface area contributed by atoms with Crippen molar-refractivity contribution in [1.29, 1.82) is 0 Å². The van der Waals surface area contributed by atoms with E-state index in [2.05, 4.69) is 42.8 Å². The zero-order chi connectivity index (χ0) is 27.8. The molecule has 0 radical (unpaired) electrons. The molecule has 39 heavy (non-hydrogen) atoms. The number of benzene rings is 2. The number of aryl methyl sites for hydroxylation is 2. The maximum absolute atomic E-state index is 13.8. The third-order valence-corrected chi connectivity index (χ3v) is 7.48. The highest BCUT2D eigenvalue weighted by atomic mass is 16.5. The Kier molecular flexibility index (Phi) is 9.76. The van der Waals surface area contributed by atoms with Crippen molar-refractivity contribution < 1.29 is 14.3 Å². The van der Waals surface area contributed by atoms with Gasteiger partial charge in [-0.05, 0) is 56.0 Å². The number of hydrogen-bond acceptors (Lipinski definition) is 5. The molecule has 8 heteroatoms. The Bertz CT molecular complexity index is 1220. The molecule has 1 aliphatic rings. The summed E-state index contributed by atoms with van der Waals surface area (Å²) in [6.45, 7) is 10.4. The van der Waals surface area contributed by atoms with Crippen LogP contribution in [0.15, 0.2) is 61.2 Å². The molecule has 0 spiro atoms. The number of aromatic nitrogens is 2. The zero-order valence-electron chi connectivity index (χ0n) is 23.7. The Labute approximate surface area is 232 Å². The number of nitrogens with zero attached hydrogens (tertiary/aromatic N) is 5. The van der Waals surface area contributed by atoms with Gasteiger partial charge in [-0.25, -0.2) is 4.98 Å². The Balaban J connectivity index is 1.63. The molecule has 3 aromatic rings. The molecule has 0 saturated heterocycles. The van der Waals surface area contributed by atoms with E-state index < -0.39 is 0 Å². The van der Waals surface area contributed by atoms with Crippen LogP contribution in [0.5, 0.6) is 5.75 Å². The minimum absolute atomic E-state index is 0.0593. The number of ether oxygens (including phenoxy) is 1. The molecule has 0 unspecified atom stereocenters. The SMILES string of the molecule is COc1ccc(CC(=O)N2CCCN(C(C)C)CCN(C(=O)CCn3ccnc3)Cc3cccc(C)c32)cc1. The van der Waals surface area contributed by atoms with E-state index in [9.17, 15) is 9.59 Å². The van der Waals surface area contributed by atoms with Gasteiger partial charge in [0, 0.05) is 64.1 Å². The molecule has 0 atom stereocenters. The van der Waals surface area contributed by atoms with Crippen molar-refractivity contribution in [1.82, 2.24) is 19.4 Å². The summed E-state index contributed by atoms with van der Waals surface area (Å²) in [6, 6.07) is 14.2. The molecular weight excluding hydrogens is 490 g/mol. The number of amides is 2. The fourth-order valence-corrected chi connectivity index (χ4v) is 5.22. The number of imidazole rings is 1. The van der Waals surface area contributed by atoms with Crippen LogP contribution in [-0.2, 0) is 29.1 Å². The largest absolute Gasteiger partial charge is 0.497 e. The average molecular weight is 532 g/mol. The van der Waals surface area contributed by atoms with E-state index in [-0.39, 0.29) is 11.8 Å². The molecule has 0 fully saturated rings. The van der Waals surface area contributed by atoms with Crippen LogP contribution in [0.25, 0.3) is 0 Å². The lowest BCUT2D eigenvalue weighted by molar-refractivity contribution is -0.132. The molecule has 4 rings (SSSR count). The number of methoxy groups -OCH3 is 1. The minimum Gasteiger partial charge on any atom is -0.497 e. The molecule has 1 aliphatic heterocycles. The van der Waals surface area contributed by atoms with Gasteiger partial charge in [-0.1, -0.05) is 30.3 Å². The molecule has 0 saturated carbocycles. The number of rotatable bonds is 7. The topological polar surface area (TPSA) is 70.9 Å². The standard InChI is InChI=1S/C31H41N5O3/c1-24(2)34-15-6-16-36(30(38)21-26-9-11-28(39-4)12-10-26)31-25(3)7-5-8-27(31)22-35(20-19-34)29(37)13-17-33-18-14-32-23-33/h5,7-12,14,18,23-24H,6,13,15-17,19-22H2,1-4H3. The monoisotopic (exact) mass is 531 g/mol. The van der Waals surface area contributed by atoms with E-state index in [1.165, 1.54) is 0 Å². The molecule has 2 aromatic carbocycles. The van der Waals surface area contributed by atoms with E-state index in [1.54, 1.807) is 19.6 Å². The van der Waals surface area contributed by atoms with Crippen LogP contribution < -0.4 is 9.64 Å². The van der Waals surface area contributed by atoms with Gasteiger partial charge in [0.1, 0.15) is 5.75 Å². The summed E-state index contributed by atoms with van der Waals surface area (Å²) in [6.07, 6.45) is 6.92. The smallest absolute Gasteiger partial charge is 0.231 e. The van der Waals surface area contributed by atoms with Crippen molar-refractivity contribution >= 4 is 17.5 Å². The summed E-state index contributed by atoms with van der Waals surface area (Å²) in [5, 5.41) is 0. The van der Waals surface area contributed by atoms with Gasteiger partial charge in [-0.15, -0.1) is 0 Å². The van der Waals surface area contributed by atoms with Crippen molar-refractivity contribution in [3.8, 4) is 5.75 Å². The maximum atomic E-state index is 13.8. The van der Waals surface area contributed by atoms with Crippen molar-refractivity contribution in [3.05, 3.63) is 77.9 Å². The van der Waals surface area contributed by atoms with Crippen molar-refractivity contribution in [2.75, 3.05) is 38.2 Å². The first-order valence-corrected chi connectivity index (χ1v) is 13.8. The van der Waals surface area contributed by atoms with Gasteiger partial charge in [0.2, 0.25) is 11.8 Å². The number of anilines is 1. The molecule has 2 amide bonds. The Morgan fingerprint density at radius 1 is 1.00 bits per heavy atom. The maximum Gasteiger partial charge on any atom is 0.231 e. The summed E-state index contributed by atoms with van der Waals surface area (Å²) in [7, 11) is 1.64. The second kappa shape index (κ2) is 13.4. The van der Waals surface area contributed by atoms with Crippen molar-refractivity contribution in [3.63, 3.8) is 0 Å². The zero-order valence-corrected chi connectivity index (χ0v) is 23.7. The summed E-state index contributed by atoms with van der Waals surface area (Å²) in [5.41, 5.74) is 3.93. The van der Waals surface area contributed by atoms with E-state index in [4.69, 9.17) is 4.74 Å². The van der Waals surface area contributed by atoms with Crippen molar-refractivity contribution in [2.45, 2.75) is 59.2 Å².